The number of amides is 1. The van der Waals surface area contributed by atoms with Gasteiger partial charge in [0.05, 0.1) is 18.0 Å². The summed E-state index contributed by atoms with van der Waals surface area (Å²) in [4.78, 5) is 30.8. The summed E-state index contributed by atoms with van der Waals surface area (Å²) in [6.45, 7) is 2.39. The lowest BCUT2D eigenvalue weighted by Gasteiger charge is -2.16. The largest absolute Gasteiger partial charge is 0.481 e. The molecule has 2 atom stereocenters. The smallest absolute Gasteiger partial charge is 0.308 e. The molecular formula is C23H22N2O4. The van der Waals surface area contributed by atoms with Crippen molar-refractivity contribution in [1.29, 1.82) is 0 Å². The predicted molar refractivity (Wildman–Crippen MR) is 107 cm³/mol. The molecule has 0 radical (unpaired) electrons. The maximum atomic E-state index is 12.9. The molecule has 1 aromatic heterocycles. The summed E-state index contributed by atoms with van der Waals surface area (Å²) in [7, 11) is 0. The Morgan fingerprint density at radius 2 is 1.72 bits per heavy atom. The molecule has 2 unspecified atom stereocenters. The number of aliphatic carboxylic acids is 1. The van der Waals surface area contributed by atoms with E-state index in [0.717, 1.165) is 11.1 Å². The fourth-order valence-electron chi connectivity index (χ4n) is 3.85. The molecule has 1 aliphatic heterocycles. The summed E-state index contributed by atoms with van der Waals surface area (Å²) >= 11 is 0. The zero-order chi connectivity index (χ0) is 20.4. The number of carboxylic acid groups (broad SMARTS) is 1. The number of benzene rings is 2. The highest BCUT2D eigenvalue weighted by atomic mass is 16.4. The van der Waals surface area contributed by atoms with Crippen molar-refractivity contribution in [2.75, 3.05) is 13.1 Å². The molecule has 1 N–H and O–H groups in total. The zero-order valence-corrected chi connectivity index (χ0v) is 16.1. The lowest BCUT2D eigenvalue weighted by atomic mass is 9.89. The van der Waals surface area contributed by atoms with E-state index in [9.17, 15) is 14.7 Å². The maximum absolute atomic E-state index is 12.9. The molecule has 6 nitrogen and oxygen atoms in total. The third-order valence-electron chi connectivity index (χ3n) is 5.45. The van der Waals surface area contributed by atoms with Crippen LogP contribution in [0.2, 0.25) is 0 Å². The van der Waals surface area contributed by atoms with Crippen LogP contribution in [0.3, 0.4) is 0 Å². The number of carbonyl (C=O) groups excluding carboxylic acids is 1. The van der Waals surface area contributed by atoms with Crippen molar-refractivity contribution >= 4 is 11.9 Å². The molecule has 3 aromatic rings. The van der Waals surface area contributed by atoms with Gasteiger partial charge in [-0.1, -0.05) is 48.5 Å². The molecule has 1 saturated heterocycles. The molecule has 4 rings (SSSR count). The summed E-state index contributed by atoms with van der Waals surface area (Å²) in [5.41, 5.74) is 2.38. The van der Waals surface area contributed by atoms with Gasteiger partial charge in [0, 0.05) is 24.6 Å². The van der Waals surface area contributed by atoms with Gasteiger partial charge in [0.15, 0.2) is 0 Å². The number of rotatable bonds is 5. The van der Waals surface area contributed by atoms with E-state index in [2.05, 4.69) is 4.98 Å². The zero-order valence-electron chi connectivity index (χ0n) is 16.1. The Morgan fingerprint density at radius 1 is 1.07 bits per heavy atom. The Bertz CT molecular complexity index is 1010. The molecule has 1 amide bonds. The van der Waals surface area contributed by atoms with Gasteiger partial charge in [-0.15, -0.1) is 0 Å². The summed E-state index contributed by atoms with van der Waals surface area (Å²) < 4.78 is 5.74. The summed E-state index contributed by atoms with van der Waals surface area (Å²) in [6, 6.07) is 19.0. The van der Waals surface area contributed by atoms with Gasteiger partial charge in [0.2, 0.25) is 11.8 Å². The number of oxazole rings is 1. The minimum Gasteiger partial charge on any atom is -0.481 e. The van der Waals surface area contributed by atoms with E-state index in [1.807, 2.05) is 60.7 Å². The average Bonchev–Trinajstić information content (AvgIpc) is 3.34. The lowest BCUT2D eigenvalue weighted by molar-refractivity contribution is -0.141. The van der Waals surface area contributed by atoms with E-state index in [1.165, 1.54) is 0 Å². The van der Waals surface area contributed by atoms with Crippen LogP contribution in [0.1, 0.15) is 22.9 Å². The number of hydrogen-bond donors (Lipinski definition) is 1. The second-order valence-corrected chi connectivity index (χ2v) is 7.33. The van der Waals surface area contributed by atoms with Crippen LogP contribution < -0.4 is 0 Å². The minimum atomic E-state index is -0.877. The summed E-state index contributed by atoms with van der Waals surface area (Å²) in [5, 5.41) is 9.64. The first kappa shape index (κ1) is 18.9. The molecule has 0 bridgehead atoms. The van der Waals surface area contributed by atoms with Crippen molar-refractivity contribution < 1.29 is 19.1 Å². The number of nitrogens with zero attached hydrogens (tertiary/aromatic N) is 2. The van der Waals surface area contributed by atoms with Crippen LogP contribution in [0.5, 0.6) is 0 Å². The van der Waals surface area contributed by atoms with Crippen LogP contribution in [-0.4, -0.2) is 40.0 Å². The van der Waals surface area contributed by atoms with Gasteiger partial charge in [0.25, 0.3) is 0 Å². The second-order valence-electron chi connectivity index (χ2n) is 7.33. The van der Waals surface area contributed by atoms with Crippen molar-refractivity contribution in [2.24, 2.45) is 5.92 Å². The second kappa shape index (κ2) is 7.91. The van der Waals surface area contributed by atoms with E-state index in [0.29, 0.717) is 23.9 Å². The van der Waals surface area contributed by atoms with Crippen molar-refractivity contribution in [1.82, 2.24) is 9.88 Å². The van der Waals surface area contributed by atoms with Crippen molar-refractivity contribution in [3.8, 4) is 11.5 Å². The van der Waals surface area contributed by atoms with Gasteiger partial charge < -0.3 is 14.4 Å². The molecule has 2 heterocycles. The number of carbonyl (C=O) groups is 2. The van der Waals surface area contributed by atoms with Gasteiger partial charge in [-0.2, -0.15) is 0 Å². The Hall–Kier alpha value is -3.41. The third kappa shape index (κ3) is 3.92. The Labute approximate surface area is 168 Å². The van der Waals surface area contributed by atoms with Crippen LogP contribution in [0.4, 0.5) is 0 Å². The molecule has 0 spiro atoms. The van der Waals surface area contributed by atoms with Gasteiger partial charge in [-0.3, -0.25) is 9.59 Å². The third-order valence-corrected chi connectivity index (χ3v) is 5.45. The molecule has 1 fully saturated rings. The molecule has 148 valence electrons. The first-order chi connectivity index (χ1) is 14.0. The van der Waals surface area contributed by atoms with E-state index in [4.69, 9.17) is 4.42 Å². The van der Waals surface area contributed by atoms with Crippen LogP contribution >= 0.6 is 0 Å². The molecule has 2 aromatic carbocycles. The first-order valence-corrected chi connectivity index (χ1v) is 9.60. The highest BCUT2D eigenvalue weighted by Crippen LogP contribution is 2.33. The molecular weight excluding hydrogens is 368 g/mol. The maximum Gasteiger partial charge on any atom is 0.308 e. The predicted octanol–water partition coefficient (Wildman–Crippen LogP) is 3.52. The van der Waals surface area contributed by atoms with Crippen LogP contribution in [-0.2, 0) is 16.0 Å². The van der Waals surface area contributed by atoms with E-state index < -0.39 is 11.9 Å². The van der Waals surface area contributed by atoms with E-state index in [1.54, 1.807) is 11.8 Å². The topological polar surface area (TPSA) is 83.6 Å². The number of aryl methyl sites for hydroxylation is 1. The fourth-order valence-corrected chi connectivity index (χ4v) is 3.85. The first-order valence-electron chi connectivity index (χ1n) is 9.60. The Kier molecular flexibility index (Phi) is 5.16. The molecule has 1 aliphatic rings. The quantitative estimate of drug-likeness (QED) is 0.721. The molecule has 0 aliphatic carbocycles. The van der Waals surface area contributed by atoms with Gasteiger partial charge in [-0.05, 0) is 24.6 Å². The normalized spacial score (nSPS) is 18.7. The molecule has 6 heteroatoms. The Balaban J connectivity index is 1.50. The highest BCUT2D eigenvalue weighted by molar-refractivity contribution is 5.81. The summed E-state index contributed by atoms with van der Waals surface area (Å²) in [5.74, 6) is -0.747. The fraction of sp³-hybridized carbons (Fsp3) is 0.261. The number of carboxylic acids is 1. The Morgan fingerprint density at radius 3 is 2.38 bits per heavy atom. The number of hydrogen-bond acceptors (Lipinski definition) is 4. The van der Waals surface area contributed by atoms with Crippen LogP contribution in [0.15, 0.2) is 65.1 Å². The standard InChI is InChI=1S/C23H22N2O4/c1-15-20(24-22(29-15)17-10-6-3-7-11-17)12-21(26)25-13-18(19(14-25)23(27)28)16-8-4-2-5-9-16/h2-11,18-19H,12-14H2,1H3,(H,27,28). The van der Waals surface area contributed by atoms with Gasteiger partial charge in [-0.25, -0.2) is 4.98 Å². The SMILES string of the molecule is Cc1oc(-c2ccccc2)nc1CC(=O)N1CC(C(=O)O)C(c2ccccc2)C1. The minimum absolute atomic E-state index is 0.0933. The highest BCUT2D eigenvalue weighted by Gasteiger charge is 2.40. The average molecular weight is 390 g/mol. The number of aromatic nitrogens is 1. The summed E-state index contributed by atoms with van der Waals surface area (Å²) in [6.07, 6.45) is 0.0933. The molecule has 0 saturated carbocycles. The van der Waals surface area contributed by atoms with E-state index in [-0.39, 0.29) is 24.8 Å². The van der Waals surface area contributed by atoms with Crippen molar-refractivity contribution in [3.05, 3.63) is 77.7 Å². The van der Waals surface area contributed by atoms with Gasteiger partial charge >= 0.3 is 5.97 Å². The molecule has 29 heavy (non-hydrogen) atoms. The van der Waals surface area contributed by atoms with Crippen molar-refractivity contribution in [2.45, 2.75) is 19.3 Å². The van der Waals surface area contributed by atoms with Crippen LogP contribution in [0.25, 0.3) is 11.5 Å². The lowest BCUT2D eigenvalue weighted by Crippen LogP contribution is -2.31. The van der Waals surface area contributed by atoms with Crippen molar-refractivity contribution in [3.63, 3.8) is 0 Å². The monoisotopic (exact) mass is 390 g/mol. The number of likely N-dealkylation sites (tertiary alicyclic amines) is 1. The van der Waals surface area contributed by atoms with Crippen LogP contribution in [0, 0.1) is 12.8 Å². The van der Waals surface area contributed by atoms with Gasteiger partial charge in [0.1, 0.15) is 5.76 Å². The van der Waals surface area contributed by atoms with E-state index >= 15 is 0 Å².